The number of carbonyl (C=O) groups is 1. The average Bonchev–Trinajstić information content (AvgIpc) is 2.40. The summed E-state index contributed by atoms with van der Waals surface area (Å²) in [4.78, 5) is 13.7. The van der Waals surface area contributed by atoms with Crippen LogP contribution in [0.3, 0.4) is 0 Å². The highest BCUT2D eigenvalue weighted by Crippen LogP contribution is 2.32. The van der Waals surface area contributed by atoms with Crippen LogP contribution in [0.1, 0.15) is 24.8 Å². The molecule has 3 unspecified atom stereocenters. The number of carbonyl (C=O) groups excluding carboxylic acids is 1. The van der Waals surface area contributed by atoms with Crippen molar-refractivity contribution < 1.29 is 9.90 Å². The Hall–Kier alpha value is -1.39. The first-order valence-corrected chi connectivity index (χ1v) is 6.37. The zero-order chi connectivity index (χ0) is 13.1. The number of nitrogens with zero attached hydrogens (tertiary/aromatic N) is 1. The van der Waals surface area contributed by atoms with E-state index in [4.69, 9.17) is 10.8 Å². The molecule has 1 heterocycles. The van der Waals surface area contributed by atoms with Gasteiger partial charge in [0.05, 0.1) is 12.6 Å². The van der Waals surface area contributed by atoms with Crippen LogP contribution in [0.15, 0.2) is 30.3 Å². The van der Waals surface area contributed by atoms with Gasteiger partial charge in [0.1, 0.15) is 0 Å². The Labute approximate surface area is 107 Å². The number of amides is 1. The van der Waals surface area contributed by atoms with Gasteiger partial charge in [-0.1, -0.05) is 30.3 Å². The minimum Gasteiger partial charge on any atom is -0.395 e. The van der Waals surface area contributed by atoms with E-state index in [-0.39, 0.29) is 24.5 Å². The standard InChI is InChI=1S/C14H20N2O2/c1-10-12(11-5-3-2-4-6-11)9-13(15)14(18)16(10)7-8-17/h2-6,10,12-13,17H,7-9,15H2,1H3. The van der Waals surface area contributed by atoms with E-state index < -0.39 is 6.04 Å². The molecule has 1 aromatic carbocycles. The minimum absolute atomic E-state index is 0.0235. The van der Waals surface area contributed by atoms with E-state index in [0.29, 0.717) is 13.0 Å². The van der Waals surface area contributed by atoms with E-state index in [2.05, 4.69) is 12.1 Å². The maximum absolute atomic E-state index is 12.0. The lowest BCUT2D eigenvalue weighted by molar-refractivity contribution is -0.139. The molecule has 3 N–H and O–H groups in total. The first kappa shape index (κ1) is 13.1. The first-order chi connectivity index (χ1) is 8.65. The molecular weight excluding hydrogens is 228 g/mol. The van der Waals surface area contributed by atoms with Gasteiger partial charge in [0.15, 0.2) is 0 Å². The zero-order valence-electron chi connectivity index (χ0n) is 10.6. The minimum atomic E-state index is -0.460. The summed E-state index contributed by atoms with van der Waals surface area (Å²) in [7, 11) is 0. The molecule has 1 aromatic rings. The smallest absolute Gasteiger partial charge is 0.239 e. The number of aliphatic hydroxyl groups excluding tert-OH is 1. The van der Waals surface area contributed by atoms with Gasteiger partial charge in [0.25, 0.3) is 0 Å². The van der Waals surface area contributed by atoms with Crippen molar-refractivity contribution in [3.05, 3.63) is 35.9 Å². The second-order valence-corrected chi connectivity index (χ2v) is 4.86. The van der Waals surface area contributed by atoms with Crippen molar-refractivity contribution in [1.29, 1.82) is 0 Å². The van der Waals surface area contributed by atoms with Crippen molar-refractivity contribution in [3.63, 3.8) is 0 Å². The number of benzene rings is 1. The number of β-amino-alcohol motifs (C(OH)–C–C–N with tert-alkyl or cyclic N) is 1. The van der Waals surface area contributed by atoms with Gasteiger partial charge in [-0.15, -0.1) is 0 Å². The van der Waals surface area contributed by atoms with Crippen molar-refractivity contribution in [2.75, 3.05) is 13.2 Å². The summed E-state index contributed by atoms with van der Waals surface area (Å²) in [5.74, 6) is 0.189. The molecular formula is C14H20N2O2. The van der Waals surface area contributed by atoms with Crippen LogP contribution >= 0.6 is 0 Å². The number of aliphatic hydroxyl groups is 1. The van der Waals surface area contributed by atoms with Gasteiger partial charge in [0.2, 0.25) is 5.91 Å². The number of rotatable bonds is 3. The van der Waals surface area contributed by atoms with E-state index in [0.717, 1.165) is 0 Å². The van der Waals surface area contributed by atoms with Crippen molar-refractivity contribution in [2.45, 2.75) is 31.3 Å². The van der Waals surface area contributed by atoms with Crippen molar-refractivity contribution >= 4 is 5.91 Å². The molecule has 4 heteroatoms. The lowest BCUT2D eigenvalue weighted by Gasteiger charge is -2.41. The lowest BCUT2D eigenvalue weighted by atomic mass is 9.82. The number of hydrogen-bond donors (Lipinski definition) is 2. The number of hydrogen-bond acceptors (Lipinski definition) is 3. The molecule has 3 atom stereocenters. The number of likely N-dealkylation sites (tertiary alicyclic amines) is 1. The fourth-order valence-electron chi connectivity index (χ4n) is 2.74. The molecule has 4 nitrogen and oxygen atoms in total. The maximum Gasteiger partial charge on any atom is 0.239 e. The normalized spacial score (nSPS) is 28.5. The third-order valence-electron chi connectivity index (χ3n) is 3.75. The van der Waals surface area contributed by atoms with Crippen molar-refractivity contribution in [1.82, 2.24) is 4.90 Å². The van der Waals surface area contributed by atoms with Gasteiger partial charge < -0.3 is 15.7 Å². The summed E-state index contributed by atoms with van der Waals surface area (Å²) >= 11 is 0. The monoisotopic (exact) mass is 248 g/mol. The number of nitrogens with two attached hydrogens (primary N) is 1. The molecule has 0 aromatic heterocycles. The largest absolute Gasteiger partial charge is 0.395 e. The van der Waals surface area contributed by atoms with Gasteiger partial charge in [-0.2, -0.15) is 0 Å². The Balaban J connectivity index is 2.24. The highest BCUT2D eigenvalue weighted by molar-refractivity contribution is 5.83. The third-order valence-corrected chi connectivity index (χ3v) is 3.75. The number of piperidine rings is 1. The summed E-state index contributed by atoms with van der Waals surface area (Å²) < 4.78 is 0. The van der Waals surface area contributed by atoms with E-state index in [9.17, 15) is 4.79 Å². The van der Waals surface area contributed by atoms with E-state index in [1.165, 1.54) is 5.56 Å². The molecule has 0 spiro atoms. The Bertz CT molecular complexity index is 408. The quantitative estimate of drug-likeness (QED) is 0.828. The van der Waals surface area contributed by atoms with Crippen LogP contribution in [0.2, 0.25) is 0 Å². The van der Waals surface area contributed by atoms with Crippen LogP contribution in [0.25, 0.3) is 0 Å². The second-order valence-electron chi connectivity index (χ2n) is 4.86. The Morgan fingerprint density at radius 1 is 1.39 bits per heavy atom. The molecule has 18 heavy (non-hydrogen) atoms. The predicted octanol–water partition coefficient (Wildman–Crippen LogP) is 0.711. The van der Waals surface area contributed by atoms with E-state index in [1.807, 2.05) is 25.1 Å². The summed E-state index contributed by atoms with van der Waals surface area (Å²) in [5.41, 5.74) is 7.12. The summed E-state index contributed by atoms with van der Waals surface area (Å²) in [5, 5.41) is 9.06. The van der Waals surface area contributed by atoms with Crippen LogP contribution < -0.4 is 5.73 Å². The summed E-state index contributed by atoms with van der Waals surface area (Å²) in [6.45, 7) is 2.36. The molecule has 1 aliphatic rings. The topological polar surface area (TPSA) is 66.6 Å². The van der Waals surface area contributed by atoms with Gasteiger partial charge in [-0.3, -0.25) is 4.79 Å². The maximum atomic E-state index is 12.0. The Morgan fingerprint density at radius 3 is 2.67 bits per heavy atom. The van der Waals surface area contributed by atoms with Crippen LogP contribution in [0, 0.1) is 0 Å². The molecule has 1 amide bonds. The molecule has 1 saturated heterocycles. The zero-order valence-corrected chi connectivity index (χ0v) is 10.6. The van der Waals surface area contributed by atoms with E-state index >= 15 is 0 Å². The van der Waals surface area contributed by atoms with Crippen LogP contribution in [-0.2, 0) is 4.79 Å². The van der Waals surface area contributed by atoms with Gasteiger partial charge in [-0.25, -0.2) is 0 Å². The van der Waals surface area contributed by atoms with Crippen LogP contribution in [-0.4, -0.2) is 41.1 Å². The molecule has 0 aliphatic carbocycles. The highest BCUT2D eigenvalue weighted by Gasteiger charge is 2.37. The Morgan fingerprint density at radius 2 is 2.06 bits per heavy atom. The fraction of sp³-hybridized carbons (Fsp3) is 0.500. The molecule has 1 fully saturated rings. The fourth-order valence-corrected chi connectivity index (χ4v) is 2.74. The summed E-state index contributed by atoms with van der Waals surface area (Å²) in [6, 6.07) is 9.74. The molecule has 2 rings (SSSR count). The highest BCUT2D eigenvalue weighted by atomic mass is 16.3. The van der Waals surface area contributed by atoms with Gasteiger partial charge >= 0.3 is 0 Å². The molecule has 98 valence electrons. The third kappa shape index (κ3) is 2.40. The summed E-state index contributed by atoms with van der Waals surface area (Å²) in [6.07, 6.45) is 0.673. The van der Waals surface area contributed by atoms with Crippen molar-refractivity contribution in [3.8, 4) is 0 Å². The van der Waals surface area contributed by atoms with Crippen LogP contribution in [0.4, 0.5) is 0 Å². The SMILES string of the molecule is CC1C(c2ccccc2)CC(N)C(=O)N1CCO. The predicted molar refractivity (Wildman–Crippen MR) is 70.0 cm³/mol. The molecule has 1 aliphatic heterocycles. The molecule has 0 saturated carbocycles. The van der Waals surface area contributed by atoms with Crippen LogP contribution in [0.5, 0.6) is 0 Å². The van der Waals surface area contributed by atoms with Crippen molar-refractivity contribution in [2.24, 2.45) is 5.73 Å². The van der Waals surface area contributed by atoms with E-state index in [1.54, 1.807) is 4.90 Å². The molecule has 0 radical (unpaired) electrons. The first-order valence-electron chi connectivity index (χ1n) is 6.37. The lowest BCUT2D eigenvalue weighted by Crippen LogP contribution is -2.56. The van der Waals surface area contributed by atoms with Gasteiger partial charge in [-0.05, 0) is 18.9 Å². The average molecular weight is 248 g/mol. The Kier molecular flexibility index (Phi) is 3.99. The second kappa shape index (κ2) is 5.50. The van der Waals surface area contributed by atoms with Gasteiger partial charge in [0, 0.05) is 18.5 Å². The molecule has 0 bridgehead atoms.